The highest BCUT2D eigenvalue weighted by Crippen LogP contribution is 2.26. The van der Waals surface area contributed by atoms with Crippen LogP contribution in [0.25, 0.3) is 5.69 Å². The molecule has 4 aromatic rings. The third-order valence-corrected chi connectivity index (χ3v) is 5.74. The number of hydrogen-bond donors (Lipinski definition) is 0. The van der Waals surface area contributed by atoms with Gasteiger partial charge in [-0.15, -0.1) is 21.5 Å². The van der Waals surface area contributed by atoms with Crippen molar-refractivity contribution < 1.29 is 4.52 Å². The maximum Gasteiger partial charge on any atom is 0.229 e. The Balaban J connectivity index is 1.60. The summed E-state index contributed by atoms with van der Waals surface area (Å²) in [5.74, 6) is 3.06. The first-order valence-electron chi connectivity index (χ1n) is 8.68. The molecule has 0 saturated heterocycles. The number of hydrogen-bond acceptors (Lipinski definition) is 7. The molecule has 6 nitrogen and oxygen atoms in total. The number of thiophene rings is 1. The van der Waals surface area contributed by atoms with E-state index < -0.39 is 0 Å². The SMILES string of the molecule is CC(C)c1nc(CSc2nnc(Cc3cccs3)n2-c2ccccc2)no1. The average Bonchev–Trinajstić information content (AvgIpc) is 3.42. The van der Waals surface area contributed by atoms with Crippen LogP contribution in [0, 0.1) is 0 Å². The van der Waals surface area contributed by atoms with E-state index in [9.17, 15) is 0 Å². The van der Waals surface area contributed by atoms with Crippen molar-refractivity contribution in [2.45, 2.75) is 37.1 Å². The Labute approximate surface area is 165 Å². The minimum Gasteiger partial charge on any atom is -0.339 e. The van der Waals surface area contributed by atoms with E-state index in [-0.39, 0.29) is 5.92 Å². The molecule has 8 heteroatoms. The molecule has 0 unspecified atom stereocenters. The Kier molecular flexibility index (Phi) is 5.35. The van der Waals surface area contributed by atoms with Crippen LogP contribution < -0.4 is 0 Å². The van der Waals surface area contributed by atoms with Gasteiger partial charge < -0.3 is 4.52 Å². The molecule has 0 saturated carbocycles. The van der Waals surface area contributed by atoms with Gasteiger partial charge in [0, 0.05) is 22.9 Å². The molecule has 0 spiro atoms. The normalized spacial score (nSPS) is 11.4. The zero-order chi connectivity index (χ0) is 18.6. The quantitative estimate of drug-likeness (QED) is 0.420. The lowest BCUT2D eigenvalue weighted by Gasteiger charge is -2.09. The third-order valence-electron chi connectivity index (χ3n) is 3.94. The molecule has 0 radical (unpaired) electrons. The topological polar surface area (TPSA) is 69.6 Å². The Morgan fingerprint density at radius 2 is 1.96 bits per heavy atom. The zero-order valence-corrected chi connectivity index (χ0v) is 16.7. The van der Waals surface area contributed by atoms with Crippen molar-refractivity contribution in [2.24, 2.45) is 0 Å². The minimum absolute atomic E-state index is 0.224. The standard InChI is InChI=1S/C19H19N5OS2/c1-13(2)18-20-16(23-25-18)12-27-19-22-21-17(11-15-9-6-10-26-15)24(19)14-7-4-3-5-8-14/h3-10,13H,11-12H2,1-2H3. The van der Waals surface area contributed by atoms with Gasteiger partial charge in [-0.25, -0.2) is 0 Å². The molecule has 0 aliphatic carbocycles. The molecule has 138 valence electrons. The number of benzene rings is 1. The smallest absolute Gasteiger partial charge is 0.229 e. The Morgan fingerprint density at radius 3 is 2.67 bits per heavy atom. The summed E-state index contributed by atoms with van der Waals surface area (Å²) < 4.78 is 7.39. The second-order valence-electron chi connectivity index (χ2n) is 6.32. The van der Waals surface area contributed by atoms with Gasteiger partial charge in [0.1, 0.15) is 5.82 Å². The van der Waals surface area contributed by atoms with Gasteiger partial charge in [0.05, 0.1) is 5.75 Å². The molecule has 0 amide bonds. The van der Waals surface area contributed by atoms with Crippen molar-refractivity contribution in [3.05, 3.63) is 70.3 Å². The minimum atomic E-state index is 0.224. The molecule has 3 aromatic heterocycles. The zero-order valence-electron chi connectivity index (χ0n) is 15.1. The lowest BCUT2D eigenvalue weighted by Crippen LogP contribution is -2.03. The maximum atomic E-state index is 5.29. The van der Waals surface area contributed by atoms with E-state index in [0.29, 0.717) is 17.5 Å². The predicted octanol–water partition coefficient (Wildman–Crippen LogP) is 4.72. The van der Waals surface area contributed by atoms with E-state index in [4.69, 9.17) is 4.52 Å². The van der Waals surface area contributed by atoms with Crippen molar-refractivity contribution >= 4 is 23.1 Å². The lowest BCUT2D eigenvalue weighted by molar-refractivity contribution is 0.362. The third kappa shape index (κ3) is 4.12. The number of para-hydroxylation sites is 1. The first-order chi connectivity index (χ1) is 13.2. The van der Waals surface area contributed by atoms with E-state index >= 15 is 0 Å². The fraction of sp³-hybridized carbons (Fsp3) is 0.263. The van der Waals surface area contributed by atoms with Gasteiger partial charge in [-0.05, 0) is 23.6 Å². The van der Waals surface area contributed by atoms with Crippen LogP contribution in [0.15, 0.2) is 57.5 Å². The molecule has 27 heavy (non-hydrogen) atoms. The van der Waals surface area contributed by atoms with Crippen molar-refractivity contribution in [3.8, 4) is 5.69 Å². The molecule has 0 atom stereocenters. The Hall–Kier alpha value is -2.45. The van der Waals surface area contributed by atoms with E-state index in [1.165, 1.54) is 4.88 Å². The van der Waals surface area contributed by atoms with Crippen LogP contribution in [0.3, 0.4) is 0 Å². The van der Waals surface area contributed by atoms with Crippen LogP contribution >= 0.6 is 23.1 Å². The monoisotopic (exact) mass is 397 g/mol. The molecule has 1 aromatic carbocycles. The van der Waals surface area contributed by atoms with E-state index in [1.54, 1.807) is 23.1 Å². The molecule has 0 bridgehead atoms. The first-order valence-corrected chi connectivity index (χ1v) is 10.5. The molecule has 0 aliphatic heterocycles. The summed E-state index contributed by atoms with van der Waals surface area (Å²) in [5, 5.41) is 15.8. The van der Waals surface area contributed by atoms with Gasteiger partial charge in [0.15, 0.2) is 11.0 Å². The highest BCUT2D eigenvalue weighted by atomic mass is 32.2. The number of rotatable bonds is 7. The number of nitrogens with zero attached hydrogens (tertiary/aromatic N) is 5. The van der Waals surface area contributed by atoms with Crippen LogP contribution in [-0.4, -0.2) is 24.9 Å². The summed E-state index contributed by atoms with van der Waals surface area (Å²) in [6.07, 6.45) is 0.750. The number of thioether (sulfide) groups is 1. The van der Waals surface area contributed by atoms with E-state index in [0.717, 1.165) is 23.1 Å². The molecular formula is C19H19N5OS2. The van der Waals surface area contributed by atoms with Gasteiger partial charge in [-0.2, -0.15) is 4.98 Å². The van der Waals surface area contributed by atoms with E-state index in [2.05, 4.69) is 54.6 Å². The Bertz CT molecular complexity index is 992. The molecule has 0 fully saturated rings. The van der Waals surface area contributed by atoms with Crippen LogP contribution in [0.1, 0.15) is 42.2 Å². The fourth-order valence-electron chi connectivity index (χ4n) is 2.60. The van der Waals surface area contributed by atoms with E-state index in [1.807, 2.05) is 32.0 Å². The van der Waals surface area contributed by atoms with Gasteiger partial charge in [0.2, 0.25) is 5.89 Å². The summed E-state index contributed by atoms with van der Waals surface area (Å²) in [4.78, 5) is 5.70. The van der Waals surface area contributed by atoms with Crippen LogP contribution in [-0.2, 0) is 12.2 Å². The summed E-state index contributed by atoms with van der Waals surface area (Å²) >= 11 is 3.29. The van der Waals surface area contributed by atoms with Crippen molar-refractivity contribution in [2.75, 3.05) is 0 Å². The van der Waals surface area contributed by atoms with Gasteiger partial charge >= 0.3 is 0 Å². The summed E-state index contributed by atoms with van der Waals surface area (Å²) in [6.45, 7) is 4.07. The maximum absolute atomic E-state index is 5.29. The van der Waals surface area contributed by atoms with Crippen LogP contribution in [0.2, 0.25) is 0 Å². The Morgan fingerprint density at radius 1 is 1.11 bits per heavy atom. The average molecular weight is 398 g/mol. The molecular weight excluding hydrogens is 378 g/mol. The molecule has 0 aliphatic rings. The molecule has 0 N–H and O–H groups in total. The second kappa shape index (κ2) is 8.06. The van der Waals surface area contributed by atoms with Crippen LogP contribution in [0.4, 0.5) is 0 Å². The highest BCUT2D eigenvalue weighted by Gasteiger charge is 2.17. The molecule has 4 rings (SSSR count). The lowest BCUT2D eigenvalue weighted by atomic mass is 10.2. The van der Waals surface area contributed by atoms with Gasteiger partial charge in [0.25, 0.3) is 0 Å². The summed E-state index contributed by atoms with van der Waals surface area (Å²) in [7, 11) is 0. The predicted molar refractivity (Wildman–Crippen MR) is 106 cm³/mol. The second-order valence-corrected chi connectivity index (χ2v) is 8.29. The van der Waals surface area contributed by atoms with Gasteiger partial charge in [-0.3, -0.25) is 4.57 Å². The van der Waals surface area contributed by atoms with Crippen LogP contribution in [0.5, 0.6) is 0 Å². The van der Waals surface area contributed by atoms with Crippen molar-refractivity contribution in [1.82, 2.24) is 24.9 Å². The van der Waals surface area contributed by atoms with Crippen molar-refractivity contribution in [3.63, 3.8) is 0 Å². The van der Waals surface area contributed by atoms with Crippen molar-refractivity contribution in [1.29, 1.82) is 0 Å². The first kappa shape index (κ1) is 17.9. The largest absolute Gasteiger partial charge is 0.339 e. The summed E-state index contributed by atoms with van der Waals surface area (Å²) in [5.41, 5.74) is 1.05. The van der Waals surface area contributed by atoms with Gasteiger partial charge in [-0.1, -0.05) is 55.0 Å². The molecule has 3 heterocycles. The summed E-state index contributed by atoms with van der Waals surface area (Å²) in [6, 6.07) is 14.4. The highest BCUT2D eigenvalue weighted by molar-refractivity contribution is 7.98. The fourth-order valence-corrected chi connectivity index (χ4v) is 4.12. The number of aromatic nitrogens is 5.